The Morgan fingerprint density at radius 3 is 1.37 bits per heavy atom. The Balaban J connectivity index is 1.78. The second kappa shape index (κ2) is 12.8. The lowest BCUT2D eigenvalue weighted by Crippen LogP contribution is -2.43. The number of fused-ring (bicyclic) bond motifs is 2. The van der Waals surface area contributed by atoms with Crippen LogP contribution in [-0.2, 0) is 10.8 Å². The fourth-order valence-electron chi connectivity index (χ4n) is 6.39. The zero-order chi connectivity index (χ0) is 38.0. The van der Waals surface area contributed by atoms with Crippen LogP contribution in [0, 0.1) is 0 Å². The van der Waals surface area contributed by atoms with Crippen LogP contribution in [0.4, 0.5) is 26.3 Å². The third kappa shape index (κ3) is 6.33. The molecule has 0 amide bonds. The van der Waals surface area contributed by atoms with Crippen LogP contribution in [0.25, 0.3) is 55.7 Å². The molecule has 2 aromatic heterocycles. The van der Waals surface area contributed by atoms with E-state index >= 15 is 22.0 Å². The topological polar surface area (TPSA) is 66.7 Å². The van der Waals surface area contributed by atoms with Crippen LogP contribution in [0.2, 0.25) is 0 Å². The third-order valence-corrected chi connectivity index (χ3v) is 9.30. The van der Waals surface area contributed by atoms with E-state index in [0.717, 1.165) is 23.3 Å². The normalized spacial score (nSPS) is 13.6. The molecule has 272 valence electrons. The van der Waals surface area contributed by atoms with Gasteiger partial charge in [-0.15, -0.1) is 0 Å². The lowest BCUT2D eigenvalue weighted by molar-refractivity contribution is -0.180. The lowest BCUT2D eigenvalue weighted by Gasteiger charge is -2.29. The molecule has 0 radical (unpaired) electrons. The minimum atomic E-state index is -5.33. The Kier molecular flexibility index (Phi) is 9.04. The van der Waals surface area contributed by atoms with Crippen molar-refractivity contribution in [3.8, 4) is 34.1 Å². The molecule has 10 heteroatoms. The Labute approximate surface area is 297 Å². The highest BCUT2D eigenvalue weighted by Gasteiger charge is 2.61. The van der Waals surface area contributed by atoms with Crippen molar-refractivity contribution in [2.24, 2.45) is 0 Å². The number of furan rings is 2. The van der Waals surface area contributed by atoms with Crippen molar-refractivity contribution in [1.82, 2.24) is 0 Å². The predicted octanol–water partition coefficient (Wildman–Crippen LogP) is 12.6. The maximum atomic E-state index is 16.8. The molecule has 0 saturated carbocycles. The summed E-state index contributed by atoms with van der Waals surface area (Å²) in [5, 5.41) is 20.5. The summed E-state index contributed by atoms with van der Waals surface area (Å²) in [7, 11) is 0. The molecule has 0 fully saturated rings. The van der Waals surface area contributed by atoms with Gasteiger partial charge in [0.1, 0.15) is 40.9 Å². The van der Waals surface area contributed by atoms with E-state index in [1.54, 1.807) is 48.5 Å². The molecule has 52 heavy (non-hydrogen) atoms. The molecular formula is C42H38F6O4. The van der Waals surface area contributed by atoms with Gasteiger partial charge in [-0.25, -0.2) is 8.78 Å². The highest BCUT2D eigenvalue weighted by atomic mass is 19.3. The first-order valence-electron chi connectivity index (χ1n) is 16.6. The van der Waals surface area contributed by atoms with E-state index in [-0.39, 0.29) is 66.9 Å². The SMILES string of the molecule is CC(C)(C)c1ccc(-c2oc3cc(O)ccc3c2/C(CF)=C(\c2c(-c3ccc(C(C)(C)C)cc3)oc3cc(O)ccc23)C(F)(F)C(F)(F)CF)cc1. The zero-order valence-electron chi connectivity index (χ0n) is 29.5. The van der Waals surface area contributed by atoms with Crippen LogP contribution in [0.15, 0.2) is 93.8 Å². The second-order valence-electron chi connectivity index (χ2n) is 15.0. The summed E-state index contributed by atoms with van der Waals surface area (Å²) < 4.78 is 107. The fourth-order valence-corrected chi connectivity index (χ4v) is 6.39. The number of hydrogen-bond acceptors (Lipinski definition) is 4. The van der Waals surface area contributed by atoms with Crippen LogP contribution >= 0.6 is 0 Å². The molecule has 0 atom stereocenters. The minimum Gasteiger partial charge on any atom is -0.508 e. The van der Waals surface area contributed by atoms with Crippen molar-refractivity contribution >= 4 is 33.1 Å². The summed E-state index contributed by atoms with van der Waals surface area (Å²) in [6.45, 7) is 7.40. The van der Waals surface area contributed by atoms with Gasteiger partial charge in [0, 0.05) is 56.3 Å². The molecule has 4 nitrogen and oxygen atoms in total. The number of benzene rings is 4. The molecule has 4 aromatic carbocycles. The fraction of sp³-hybridized carbons (Fsp3) is 0.286. The monoisotopic (exact) mass is 720 g/mol. The zero-order valence-corrected chi connectivity index (χ0v) is 29.5. The molecule has 2 heterocycles. The number of phenols is 2. The van der Waals surface area contributed by atoms with Crippen LogP contribution in [-0.4, -0.2) is 35.4 Å². The van der Waals surface area contributed by atoms with E-state index in [9.17, 15) is 14.6 Å². The van der Waals surface area contributed by atoms with Crippen LogP contribution in [0.3, 0.4) is 0 Å². The number of rotatable bonds is 8. The largest absolute Gasteiger partial charge is 0.508 e. The predicted molar refractivity (Wildman–Crippen MR) is 193 cm³/mol. The third-order valence-electron chi connectivity index (χ3n) is 9.30. The van der Waals surface area contributed by atoms with E-state index in [2.05, 4.69) is 0 Å². The first-order chi connectivity index (χ1) is 24.3. The van der Waals surface area contributed by atoms with Gasteiger partial charge < -0.3 is 19.0 Å². The summed E-state index contributed by atoms with van der Waals surface area (Å²) >= 11 is 0. The second-order valence-corrected chi connectivity index (χ2v) is 15.0. The van der Waals surface area contributed by atoms with E-state index in [0.29, 0.717) is 5.56 Å². The summed E-state index contributed by atoms with van der Waals surface area (Å²) in [6.07, 6.45) is 0. The Bertz CT molecular complexity index is 2300. The van der Waals surface area contributed by atoms with Gasteiger partial charge in [-0.2, -0.15) is 17.6 Å². The van der Waals surface area contributed by atoms with Gasteiger partial charge in [0.15, 0.2) is 6.67 Å². The van der Waals surface area contributed by atoms with E-state index < -0.39 is 41.9 Å². The molecule has 0 aliphatic rings. The molecule has 0 spiro atoms. The lowest BCUT2D eigenvalue weighted by atomic mass is 9.83. The van der Waals surface area contributed by atoms with E-state index in [4.69, 9.17) is 8.83 Å². The molecular weight excluding hydrogens is 682 g/mol. The maximum absolute atomic E-state index is 16.8. The molecule has 0 unspecified atom stereocenters. The number of alkyl halides is 6. The van der Waals surface area contributed by atoms with Gasteiger partial charge in [0.2, 0.25) is 0 Å². The van der Waals surface area contributed by atoms with Gasteiger partial charge in [-0.3, -0.25) is 0 Å². The van der Waals surface area contributed by atoms with E-state index in [1.807, 2.05) is 41.5 Å². The van der Waals surface area contributed by atoms with Crippen LogP contribution < -0.4 is 0 Å². The average molecular weight is 721 g/mol. The van der Waals surface area contributed by atoms with Crippen molar-refractivity contribution in [3.05, 3.63) is 107 Å². The molecule has 6 rings (SSSR count). The van der Waals surface area contributed by atoms with Gasteiger partial charge >= 0.3 is 11.8 Å². The van der Waals surface area contributed by atoms with Crippen LogP contribution in [0.1, 0.15) is 63.8 Å². The highest BCUT2D eigenvalue weighted by Crippen LogP contribution is 2.54. The molecule has 6 aromatic rings. The van der Waals surface area contributed by atoms with Crippen molar-refractivity contribution < 1.29 is 45.4 Å². The van der Waals surface area contributed by atoms with Crippen molar-refractivity contribution in [2.45, 2.75) is 64.2 Å². The first-order valence-corrected chi connectivity index (χ1v) is 16.6. The summed E-state index contributed by atoms with van der Waals surface area (Å²) in [5.74, 6) is -11.6. The number of phenolic OH excluding ortho intramolecular Hbond substituents is 2. The van der Waals surface area contributed by atoms with Crippen molar-refractivity contribution in [2.75, 3.05) is 13.3 Å². The van der Waals surface area contributed by atoms with Gasteiger partial charge in [0.05, 0.1) is 0 Å². The molecule has 0 aliphatic heterocycles. The highest BCUT2D eigenvalue weighted by molar-refractivity contribution is 6.12. The smallest absolute Gasteiger partial charge is 0.342 e. The number of hydrogen-bond donors (Lipinski definition) is 2. The Morgan fingerprint density at radius 1 is 0.577 bits per heavy atom. The molecule has 0 aliphatic carbocycles. The maximum Gasteiger partial charge on any atom is 0.342 e. The summed E-state index contributed by atoms with van der Waals surface area (Å²) in [4.78, 5) is 0. The average Bonchev–Trinajstić information content (AvgIpc) is 3.64. The van der Waals surface area contributed by atoms with E-state index in [1.165, 1.54) is 24.3 Å². The molecule has 2 N–H and O–H groups in total. The Morgan fingerprint density at radius 2 is 0.981 bits per heavy atom. The number of allylic oxidation sites excluding steroid dienone is 2. The van der Waals surface area contributed by atoms with Crippen molar-refractivity contribution in [3.63, 3.8) is 0 Å². The van der Waals surface area contributed by atoms with Crippen molar-refractivity contribution in [1.29, 1.82) is 0 Å². The quantitative estimate of drug-likeness (QED) is 0.154. The van der Waals surface area contributed by atoms with Gasteiger partial charge in [0.25, 0.3) is 0 Å². The molecule has 0 bridgehead atoms. The number of aromatic hydroxyl groups is 2. The Hall–Kier alpha value is -5.12. The summed E-state index contributed by atoms with van der Waals surface area (Å²) in [6, 6.07) is 20.7. The van der Waals surface area contributed by atoms with Crippen LogP contribution in [0.5, 0.6) is 11.5 Å². The first kappa shape index (κ1) is 36.7. The number of halogens is 6. The standard InChI is InChI=1S/C42H38F6O4/c1-39(2,3)25-11-7-23(8-12-25)37-34(29-17-15-27(49)19-32(29)51-37)31(21-43)36(42(47,48)41(45,46)22-44)35-30-18-16-28(50)20-33(30)52-38(35)24-9-13-26(14-10-24)40(4,5)6/h7-20,49-50H,21-22H2,1-6H3/b36-31+. The van der Waals surface area contributed by atoms with Gasteiger partial charge in [-0.05, 0) is 46.2 Å². The van der Waals surface area contributed by atoms with Gasteiger partial charge in [-0.1, -0.05) is 90.1 Å². The molecule has 0 saturated heterocycles. The summed E-state index contributed by atoms with van der Waals surface area (Å²) in [5.41, 5.74) is -1.78. The minimum absolute atomic E-state index is 0.0317.